The van der Waals surface area contributed by atoms with Crippen LogP contribution in [0.4, 0.5) is 4.79 Å². The molecule has 0 radical (unpaired) electrons. The lowest BCUT2D eigenvalue weighted by molar-refractivity contribution is -0.137. The smallest absolute Gasteiger partial charge is 0.410 e. The van der Waals surface area contributed by atoms with Crippen molar-refractivity contribution in [2.75, 3.05) is 13.6 Å². The van der Waals surface area contributed by atoms with Crippen molar-refractivity contribution >= 4 is 12.1 Å². The molecule has 0 heterocycles. The summed E-state index contributed by atoms with van der Waals surface area (Å²) < 4.78 is 4.92. The molecule has 0 saturated carbocycles. The average molecular weight is 191 g/mol. The number of ether oxygens (including phenoxy) is 1. The molecule has 0 unspecified atom stereocenters. The van der Waals surface area contributed by atoms with Gasteiger partial charge < -0.3 is 14.7 Å². The summed E-state index contributed by atoms with van der Waals surface area (Å²) >= 11 is 0. The molecular weight excluding hydrogens is 176 g/mol. The number of nitrogens with zero attached hydrogens (tertiary/aromatic N) is 1. The normalized spacial score (nSPS) is 10.8. The number of hydrogen-bond donors (Lipinski definition) is 1. The molecule has 5 nitrogen and oxygen atoms in total. The van der Waals surface area contributed by atoms with Gasteiger partial charge >= 0.3 is 12.1 Å². The first-order valence-corrected chi connectivity index (χ1v) is 3.88. The molecule has 13 heavy (non-hydrogen) atoms. The molecule has 0 bridgehead atoms. The van der Waals surface area contributed by atoms with Crippen molar-refractivity contribution < 1.29 is 19.4 Å². The van der Waals surface area contributed by atoms with E-state index in [-0.39, 0.29) is 6.54 Å². The van der Waals surface area contributed by atoms with Crippen molar-refractivity contribution in [2.45, 2.75) is 26.4 Å². The largest absolute Gasteiger partial charge is 0.480 e. The Morgan fingerprint density at radius 1 is 1.54 bits per heavy atom. The third-order valence-corrected chi connectivity index (χ3v) is 1.08. The standard InChI is InChI=1S/C8H15NO4/c1-8(2,3)13-7(12)9(4)5-6(10)11/h5H2,1-4H3,(H,10,11)/i6+2. The van der Waals surface area contributed by atoms with Gasteiger partial charge in [0.1, 0.15) is 12.1 Å². The van der Waals surface area contributed by atoms with Crippen LogP contribution in [0.2, 0.25) is 0 Å². The second-order valence-electron chi connectivity index (χ2n) is 3.73. The molecule has 0 aliphatic heterocycles. The van der Waals surface area contributed by atoms with E-state index in [0.717, 1.165) is 4.90 Å². The molecular formula is C8H15NO4. The fourth-order valence-electron chi connectivity index (χ4n) is 0.607. The molecule has 1 amide bonds. The molecule has 0 aliphatic rings. The van der Waals surface area contributed by atoms with E-state index < -0.39 is 17.7 Å². The molecule has 0 atom stereocenters. The minimum absolute atomic E-state index is 0.352. The zero-order valence-electron chi connectivity index (χ0n) is 8.33. The van der Waals surface area contributed by atoms with Crippen LogP contribution in [0.5, 0.6) is 0 Å². The third kappa shape index (κ3) is 5.95. The zero-order chi connectivity index (χ0) is 10.6. The summed E-state index contributed by atoms with van der Waals surface area (Å²) in [5, 5.41) is 8.38. The lowest BCUT2D eigenvalue weighted by atomic mass is 10.2. The molecule has 5 heteroatoms. The highest BCUT2D eigenvalue weighted by molar-refractivity contribution is 5.76. The minimum atomic E-state index is -1.06. The highest BCUT2D eigenvalue weighted by Gasteiger charge is 2.20. The average Bonchev–Trinajstić information content (AvgIpc) is 1.81. The Labute approximate surface area is 77.3 Å². The molecule has 0 spiro atoms. The molecule has 0 saturated heterocycles. The van der Waals surface area contributed by atoms with Crippen molar-refractivity contribution in [3.63, 3.8) is 0 Å². The van der Waals surface area contributed by atoms with Gasteiger partial charge in [0.25, 0.3) is 0 Å². The van der Waals surface area contributed by atoms with Crippen molar-refractivity contribution in [1.82, 2.24) is 4.90 Å². The molecule has 0 aromatic heterocycles. The molecule has 0 aromatic rings. The van der Waals surface area contributed by atoms with E-state index in [1.165, 1.54) is 7.05 Å². The van der Waals surface area contributed by atoms with Gasteiger partial charge in [0, 0.05) is 7.05 Å². The first-order valence-electron chi connectivity index (χ1n) is 3.88. The van der Waals surface area contributed by atoms with Crippen LogP contribution in [0.15, 0.2) is 0 Å². The lowest BCUT2D eigenvalue weighted by Crippen LogP contribution is -2.37. The van der Waals surface area contributed by atoms with E-state index in [0.29, 0.717) is 0 Å². The maximum Gasteiger partial charge on any atom is 0.410 e. The molecule has 76 valence electrons. The van der Waals surface area contributed by atoms with Crippen LogP contribution < -0.4 is 0 Å². The summed E-state index contributed by atoms with van der Waals surface area (Å²) in [5.41, 5.74) is -0.593. The lowest BCUT2D eigenvalue weighted by Gasteiger charge is -2.23. The summed E-state index contributed by atoms with van der Waals surface area (Å²) in [6, 6.07) is 0. The van der Waals surface area contributed by atoms with Gasteiger partial charge in [-0.05, 0) is 20.8 Å². The molecule has 0 aliphatic carbocycles. The summed E-state index contributed by atoms with van der Waals surface area (Å²) in [5.74, 6) is -1.06. The zero-order valence-corrected chi connectivity index (χ0v) is 8.33. The quantitative estimate of drug-likeness (QED) is 0.705. The third-order valence-electron chi connectivity index (χ3n) is 1.08. The predicted molar refractivity (Wildman–Crippen MR) is 46.5 cm³/mol. The number of amides is 1. The highest BCUT2D eigenvalue weighted by Crippen LogP contribution is 2.08. The Hall–Kier alpha value is -1.26. The first kappa shape index (κ1) is 11.7. The van der Waals surface area contributed by atoms with E-state index in [1.807, 2.05) is 0 Å². The maximum atomic E-state index is 11.1. The fourth-order valence-corrected chi connectivity index (χ4v) is 0.607. The Balaban J connectivity index is 4.05. The van der Waals surface area contributed by atoms with Gasteiger partial charge in [-0.1, -0.05) is 0 Å². The van der Waals surface area contributed by atoms with Crippen LogP contribution >= 0.6 is 0 Å². The topological polar surface area (TPSA) is 66.8 Å². The Morgan fingerprint density at radius 2 is 2.00 bits per heavy atom. The van der Waals surface area contributed by atoms with Gasteiger partial charge in [-0.2, -0.15) is 0 Å². The molecule has 0 rings (SSSR count). The number of rotatable bonds is 2. The van der Waals surface area contributed by atoms with Gasteiger partial charge in [0.05, 0.1) is 0 Å². The molecule has 0 aromatic carbocycles. The van der Waals surface area contributed by atoms with Gasteiger partial charge in [-0.25, -0.2) is 4.79 Å². The number of carboxylic acids is 1. The van der Waals surface area contributed by atoms with E-state index in [9.17, 15) is 9.59 Å². The maximum absolute atomic E-state index is 11.1. The number of carboxylic acid groups (broad SMARTS) is 1. The first-order chi connectivity index (χ1) is 5.72. The van der Waals surface area contributed by atoms with Crippen LogP contribution in [0.1, 0.15) is 20.8 Å². The van der Waals surface area contributed by atoms with Crippen LogP contribution in [-0.4, -0.2) is 41.3 Å². The fraction of sp³-hybridized carbons (Fsp3) is 0.750. The van der Waals surface area contributed by atoms with Gasteiger partial charge in [-0.15, -0.1) is 0 Å². The van der Waals surface area contributed by atoms with Crippen molar-refractivity contribution in [3.8, 4) is 0 Å². The van der Waals surface area contributed by atoms with E-state index in [4.69, 9.17) is 9.84 Å². The predicted octanol–water partition coefficient (Wildman–Crippen LogP) is 0.938. The van der Waals surface area contributed by atoms with Crippen LogP contribution in [-0.2, 0) is 9.53 Å². The van der Waals surface area contributed by atoms with E-state index in [2.05, 4.69) is 0 Å². The number of likely N-dealkylation sites (N-methyl/N-ethyl adjacent to an activating group) is 1. The van der Waals surface area contributed by atoms with Gasteiger partial charge in [-0.3, -0.25) is 4.79 Å². The van der Waals surface area contributed by atoms with Crippen LogP contribution in [0.3, 0.4) is 0 Å². The molecule has 1 N–H and O–H groups in total. The number of carbonyl (C=O) groups is 2. The number of carbonyl (C=O) groups excluding carboxylic acids is 1. The number of aliphatic carboxylic acids is 1. The van der Waals surface area contributed by atoms with Crippen LogP contribution in [0, 0.1) is 0 Å². The SMILES string of the molecule is CN(C[14C](=O)O)C(=O)OC(C)(C)C. The Morgan fingerprint density at radius 3 is 2.31 bits per heavy atom. The Kier molecular flexibility index (Phi) is 3.71. The molecule has 0 fully saturated rings. The summed E-state index contributed by atoms with van der Waals surface area (Å²) in [6.07, 6.45) is -0.630. The van der Waals surface area contributed by atoms with Crippen LogP contribution in [0.25, 0.3) is 0 Å². The minimum Gasteiger partial charge on any atom is -0.480 e. The second kappa shape index (κ2) is 4.11. The summed E-state index contributed by atoms with van der Waals surface area (Å²) in [6.45, 7) is 4.81. The van der Waals surface area contributed by atoms with Gasteiger partial charge in [0.2, 0.25) is 0 Å². The Bertz CT molecular complexity index is 207. The highest BCUT2D eigenvalue weighted by atomic mass is 16.6. The van der Waals surface area contributed by atoms with Crippen molar-refractivity contribution in [3.05, 3.63) is 0 Å². The summed E-state index contributed by atoms with van der Waals surface area (Å²) in [7, 11) is 1.38. The van der Waals surface area contributed by atoms with Crippen molar-refractivity contribution in [1.29, 1.82) is 0 Å². The monoisotopic (exact) mass is 191 g/mol. The summed E-state index contributed by atoms with van der Waals surface area (Å²) in [4.78, 5) is 22.4. The van der Waals surface area contributed by atoms with Gasteiger partial charge in [0.15, 0.2) is 0 Å². The van der Waals surface area contributed by atoms with E-state index in [1.54, 1.807) is 20.8 Å². The van der Waals surface area contributed by atoms with E-state index >= 15 is 0 Å². The second-order valence-corrected chi connectivity index (χ2v) is 3.73. The van der Waals surface area contributed by atoms with Crippen molar-refractivity contribution in [2.24, 2.45) is 0 Å². The number of hydrogen-bond acceptors (Lipinski definition) is 3.